The topological polar surface area (TPSA) is 30.7 Å². The molecule has 2 aromatic heterocycles. The Labute approximate surface area is 112 Å². The van der Waals surface area contributed by atoms with Crippen molar-refractivity contribution in [2.24, 2.45) is 0 Å². The summed E-state index contributed by atoms with van der Waals surface area (Å²) in [7, 11) is 0. The van der Waals surface area contributed by atoms with E-state index in [-0.39, 0.29) is 0 Å². The molecular weight excluding hydrogens is 234 g/mol. The van der Waals surface area contributed by atoms with Crippen LogP contribution >= 0.6 is 0 Å². The van der Waals surface area contributed by atoms with Crippen LogP contribution in [-0.4, -0.2) is 14.5 Å². The monoisotopic (exact) mass is 249 g/mol. The number of hydrogen-bond acceptors (Lipinski definition) is 2. The summed E-state index contributed by atoms with van der Waals surface area (Å²) in [6, 6.07) is 14.0. The van der Waals surface area contributed by atoms with Crippen molar-refractivity contribution >= 4 is 17.1 Å². The highest BCUT2D eigenvalue weighted by molar-refractivity contribution is 5.80. The van der Waals surface area contributed by atoms with Gasteiger partial charge in [-0.3, -0.25) is 4.57 Å². The second-order valence-electron chi connectivity index (χ2n) is 4.70. The number of fused-ring (bicyclic) bond motifs is 1. The highest BCUT2D eigenvalue weighted by Gasteiger charge is 2.10. The Balaban J connectivity index is 2.34. The summed E-state index contributed by atoms with van der Waals surface area (Å²) >= 11 is 0. The molecule has 0 saturated carbocycles. The van der Waals surface area contributed by atoms with Gasteiger partial charge in [-0.15, -0.1) is 0 Å². The summed E-state index contributed by atoms with van der Waals surface area (Å²) in [5.74, 6) is 1.81. The third-order valence-electron chi connectivity index (χ3n) is 2.88. The number of hydrogen-bond donors (Lipinski definition) is 0. The molecule has 0 amide bonds. The molecule has 3 rings (SSSR count). The van der Waals surface area contributed by atoms with Crippen LogP contribution in [0.2, 0.25) is 0 Å². The van der Waals surface area contributed by atoms with Crippen LogP contribution in [0.4, 0.5) is 0 Å². The van der Waals surface area contributed by atoms with E-state index >= 15 is 0 Å². The zero-order valence-corrected chi connectivity index (χ0v) is 11.0. The zero-order valence-electron chi connectivity index (χ0n) is 11.0. The fourth-order valence-corrected chi connectivity index (χ4v) is 2.13. The SMILES string of the molecule is CC(C)=Cc1nc2ccccc2n1-c1ccccn1. The van der Waals surface area contributed by atoms with Gasteiger partial charge in [0, 0.05) is 6.20 Å². The molecule has 94 valence electrons. The number of rotatable bonds is 2. The standard InChI is InChI=1S/C16H15N3/c1-12(2)11-16-18-13-7-3-4-8-14(13)19(16)15-9-5-6-10-17-15/h3-11H,1-2H3. The van der Waals surface area contributed by atoms with E-state index in [1.165, 1.54) is 5.57 Å². The molecule has 19 heavy (non-hydrogen) atoms. The van der Waals surface area contributed by atoms with E-state index in [1.807, 2.05) is 36.4 Å². The maximum atomic E-state index is 4.68. The molecule has 0 spiro atoms. The van der Waals surface area contributed by atoms with Crippen molar-refractivity contribution in [2.45, 2.75) is 13.8 Å². The molecule has 0 aliphatic rings. The molecule has 3 nitrogen and oxygen atoms in total. The van der Waals surface area contributed by atoms with Gasteiger partial charge in [-0.25, -0.2) is 9.97 Å². The van der Waals surface area contributed by atoms with E-state index < -0.39 is 0 Å². The van der Waals surface area contributed by atoms with Gasteiger partial charge < -0.3 is 0 Å². The summed E-state index contributed by atoms with van der Waals surface area (Å²) in [6.07, 6.45) is 3.88. The Kier molecular flexibility index (Phi) is 2.88. The van der Waals surface area contributed by atoms with Crippen LogP contribution in [0.25, 0.3) is 22.9 Å². The van der Waals surface area contributed by atoms with E-state index in [0.29, 0.717) is 0 Å². The van der Waals surface area contributed by atoms with Crippen molar-refractivity contribution in [1.29, 1.82) is 0 Å². The van der Waals surface area contributed by atoms with Crippen LogP contribution in [-0.2, 0) is 0 Å². The third kappa shape index (κ3) is 2.15. The summed E-state index contributed by atoms with van der Waals surface area (Å²) in [5.41, 5.74) is 3.28. The normalized spacial score (nSPS) is 10.6. The minimum absolute atomic E-state index is 0.892. The van der Waals surface area contributed by atoms with Crippen molar-refractivity contribution in [3.05, 3.63) is 60.1 Å². The molecule has 0 atom stereocenters. The van der Waals surface area contributed by atoms with Gasteiger partial charge in [-0.05, 0) is 44.2 Å². The van der Waals surface area contributed by atoms with Gasteiger partial charge >= 0.3 is 0 Å². The minimum Gasteiger partial charge on any atom is -0.277 e. The lowest BCUT2D eigenvalue weighted by Crippen LogP contribution is -1.99. The van der Waals surface area contributed by atoms with Gasteiger partial charge in [0.15, 0.2) is 0 Å². The number of pyridine rings is 1. The van der Waals surface area contributed by atoms with Gasteiger partial charge in [0.2, 0.25) is 0 Å². The number of nitrogens with zero attached hydrogens (tertiary/aromatic N) is 3. The molecule has 0 aliphatic heterocycles. The molecule has 1 aromatic carbocycles. The van der Waals surface area contributed by atoms with Crippen molar-refractivity contribution in [1.82, 2.24) is 14.5 Å². The van der Waals surface area contributed by atoms with Crippen molar-refractivity contribution in [3.63, 3.8) is 0 Å². The number of para-hydroxylation sites is 2. The lowest BCUT2D eigenvalue weighted by Gasteiger charge is -2.05. The van der Waals surface area contributed by atoms with Gasteiger partial charge in [0.1, 0.15) is 11.6 Å². The van der Waals surface area contributed by atoms with Gasteiger partial charge in [0.25, 0.3) is 0 Å². The van der Waals surface area contributed by atoms with E-state index in [9.17, 15) is 0 Å². The van der Waals surface area contributed by atoms with Crippen LogP contribution in [0.3, 0.4) is 0 Å². The van der Waals surface area contributed by atoms with Crippen molar-refractivity contribution < 1.29 is 0 Å². The minimum atomic E-state index is 0.892. The van der Waals surface area contributed by atoms with Crippen LogP contribution in [0.5, 0.6) is 0 Å². The quantitative estimate of drug-likeness (QED) is 0.690. The second kappa shape index (κ2) is 4.69. The number of benzene rings is 1. The second-order valence-corrected chi connectivity index (χ2v) is 4.70. The predicted molar refractivity (Wildman–Crippen MR) is 78.2 cm³/mol. The fourth-order valence-electron chi connectivity index (χ4n) is 2.13. The largest absolute Gasteiger partial charge is 0.277 e. The third-order valence-corrected chi connectivity index (χ3v) is 2.88. The summed E-state index contributed by atoms with van der Waals surface area (Å²) < 4.78 is 2.09. The Morgan fingerprint density at radius 2 is 1.84 bits per heavy atom. The molecule has 0 saturated heterocycles. The summed E-state index contributed by atoms with van der Waals surface area (Å²) in [6.45, 7) is 4.14. The highest BCUT2D eigenvalue weighted by atomic mass is 15.1. The lowest BCUT2D eigenvalue weighted by molar-refractivity contribution is 1.00. The number of aromatic nitrogens is 3. The number of imidazole rings is 1. The van der Waals surface area contributed by atoms with Gasteiger partial charge in [-0.2, -0.15) is 0 Å². The number of allylic oxidation sites excluding steroid dienone is 1. The Morgan fingerprint density at radius 3 is 2.58 bits per heavy atom. The van der Waals surface area contributed by atoms with Crippen LogP contribution in [0, 0.1) is 0 Å². The predicted octanol–water partition coefficient (Wildman–Crippen LogP) is 3.84. The maximum absolute atomic E-state index is 4.68. The van der Waals surface area contributed by atoms with Crippen molar-refractivity contribution in [3.8, 4) is 5.82 Å². The van der Waals surface area contributed by atoms with Crippen molar-refractivity contribution in [2.75, 3.05) is 0 Å². The lowest BCUT2D eigenvalue weighted by atomic mass is 10.3. The van der Waals surface area contributed by atoms with E-state index in [1.54, 1.807) is 6.20 Å². The molecule has 3 heteroatoms. The first-order valence-corrected chi connectivity index (χ1v) is 6.29. The molecule has 0 bridgehead atoms. The first kappa shape index (κ1) is 11.7. The zero-order chi connectivity index (χ0) is 13.2. The summed E-state index contributed by atoms with van der Waals surface area (Å²) in [4.78, 5) is 9.11. The van der Waals surface area contributed by atoms with E-state index in [4.69, 9.17) is 0 Å². The van der Waals surface area contributed by atoms with Crippen LogP contribution in [0.15, 0.2) is 54.2 Å². The highest BCUT2D eigenvalue weighted by Crippen LogP contribution is 2.21. The van der Waals surface area contributed by atoms with Gasteiger partial charge in [0.05, 0.1) is 11.0 Å². The van der Waals surface area contributed by atoms with E-state index in [0.717, 1.165) is 22.7 Å². The van der Waals surface area contributed by atoms with Gasteiger partial charge in [-0.1, -0.05) is 23.8 Å². The molecule has 0 N–H and O–H groups in total. The average molecular weight is 249 g/mol. The smallest absolute Gasteiger partial charge is 0.139 e. The molecule has 0 aliphatic carbocycles. The molecule has 3 aromatic rings. The Bertz CT molecular complexity index is 735. The summed E-state index contributed by atoms with van der Waals surface area (Å²) in [5, 5.41) is 0. The molecule has 0 unspecified atom stereocenters. The fraction of sp³-hybridized carbons (Fsp3) is 0.125. The first-order chi connectivity index (χ1) is 9.25. The molecule has 0 radical (unpaired) electrons. The van der Waals surface area contributed by atoms with Crippen LogP contribution < -0.4 is 0 Å². The maximum Gasteiger partial charge on any atom is 0.139 e. The molecule has 0 fully saturated rings. The Morgan fingerprint density at radius 1 is 1.05 bits per heavy atom. The van der Waals surface area contributed by atoms with Crippen LogP contribution in [0.1, 0.15) is 19.7 Å². The first-order valence-electron chi connectivity index (χ1n) is 6.29. The average Bonchev–Trinajstić information content (AvgIpc) is 2.76. The molecule has 2 heterocycles. The Hall–Kier alpha value is -2.42. The molecular formula is C16H15N3. The van der Waals surface area contributed by atoms with E-state index in [2.05, 4.69) is 40.5 Å².